The van der Waals surface area contributed by atoms with Gasteiger partial charge in [-0.25, -0.2) is 4.39 Å². The number of para-hydroxylation sites is 1. The Balaban J connectivity index is 0.999. The topological polar surface area (TPSA) is 56.8 Å². The van der Waals surface area contributed by atoms with Crippen LogP contribution in [0.5, 0.6) is 5.75 Å². The average molecular weight is 651 g/mol. The van der Waals surface area contributed by atoms with Crippen molar-refractivity contribution in [1.82, 2.24) is 20.4 Å². The summed E-state index contributed by atoms with van der Waals surface area (Å²) in [5, 5.41) is 6.54. The number of carbonyl (C=O) groups excluding carboxylic acids is 1. The molecular weight excluding hydrogens is 601 g/mol. The van der Waals surface area contributed by atoms with Gasteiger partial charge in [0, 0.05) is 69.5 Å². The normalized spacial score (nSPS) is 18.4. The van der Waals surface area contributed by atoms with E-state index in [4.69, 9.17) is 4.74 Å². The minimum atomic E-state index is -0.261. The van der Waals surface area contributed by atoms with E-state index in [9.17, 15) is 4.79 Å². The molecule has 0 aliphatic carbocycles. The van der Waals surface area contributed by atoms with E-state index in [0.29, 0.717) is 30.3 Å². The van der Waals surface area contributed by atoms with Crippen LogP contribution in [0.25, 0.3) is 11.1 Å². The van der Waals surface area contributed by atoms with Crippen molar-refractivity contribution in [3.8, 4) is 16.9 Å². The second-order valence-electron chi connectivity index (χ2n) is 13.7. The number of benzene rings is 4. The number of piperazine rings is 2. The van der Waals surface area contributed by atoms with Crippen LogP contribution in [-0.4, -0.2) is 92.2 Å². The standard InChI is InChI=1S/C40H48FN5O2/c1-31-28-45(17-16-42-31)30-33-8-6-10-35(24-33)38-26-32(14-15-39(38)41)27-43-40(47)36-11-7-9-34(25-36)29-44-18-20-46(2,21-19-44)22-23-48-37-12-4-3-5-13-37/h3-15,24-26,31,42H,16-23,27-30H2,1-2H3/p+1/t31-/m0/s1. The highest BCUT2D eigenvalue weighted by Gasteiger charge is 2.28. The zero-order chi connectivity index (χ0) is 33.3. The summed E-state index contributed by atoms with van der Waals surface area (Å²) in [5.74, 6) is 0.533. The van der Waals surface area contributed by atoms with Gasteiger partial charge in [0.05, 0.1) is 20.1 Å². The first-order valence-corrected chi connectivity index (χ1v) is 17.3. The third-order valence-electron chi connectivity index (χ3n) is 9.73. The molecule has 8 heteroatoms. The Morgan fingerprint density at radius 3 is 2.42 bits per heavy atom. The number of halogens is 1. The second-order valence-corrected chi connectivity index (χ2v) is 13.7. The zero-order valence-electron chi connectivity index (χ0n) is 28.3. The predicted molar refractivity (Wildman–Crippen MR) is 190 cm³/mol. The molecule has 7 nitrogen and oxygen atoms in total. The molecule has 2 fully saturated rings. The number of ether oxygens (including phenoxy) is 1. The van der Waals surface area contributed by atoms with Crippen molar-refractivity contribution >= 4 is 5.91 Å². The van der Waals surface area contributed by atoms with E-state index < -0.39 is 0 Å². The van der Waals surface area contributed by atoms with Gasteiger partial charge in [0.25, 0.3) is 5.91 Å². The first-order valence-electron chi connectivity index (χ1n) is 17.3. The third kappa shape index (κ3) is 9.29. The Morgan fingerprint density at radius 2 is 1.62 bits per heavy atom. The van der Waals surface area contributed by atoms with Crippen LogP contribution in [0.15, 0.2) is 97.1 Å². The zero-order valence-corrected chi connectivity index (χ0v) is 28.3. The molecule has 0 saturated carbocycles. The fourth-order valence-electron chi connectivity index (χ4n) is 6.78. The van der Waals surface area contributed by atoms with Crippen molar-refractivity contribution in [2.24, 2.45) is 0 Å². The summed E-state index contributed by atoms with van der Waals surface area (Å²) < 4.78 is 22.0. The summed E-state index contributed by atoms with van der Waals surface area (Å²) in [6.07, 6.45) is 0. The average Bonchev–Trinajstić information content (AvgIpc) is 3.10. The first-order chi connectivity index (χ1) is 23.3. The molecule has 2 aliphatic rings. The molecule has 2 saturated heterocycles. The van der Waals surface area contributed by atoms with E-state index in [1.807, 2.05) is 66.7 Å². The molecule has 2 aliphatic heterocycles. The van der Waals surface area contributed by atoms with E-state index in [2.05, 4.69) is 52.6 Å². The number of quaternary nitrogens is 1. The molecule has 0 aromatic heterocycles. The van der Waals surface area contributed by atoms with Crippen molar-refractivity contribution in [3.05, 3.63) is 125 Å². The molecular formula is C40H49FN5O2+. The van der Waals surface area contributed by atoms with E-state index >= 15 is 4.39 Å². The van der Waals surface area contributed by atoms with E-state index in [-0.39, 0.29) is 11.7 Å². The SMILES string of the molecule is C[C@H]1CN(Cc2cccc(-c3cc(CNC(=O)c4cccc(CN5CC[N+](C)(CCOc6ccccc6)CC5)c4)ccc3F)c2)CCN1. The molecule has 0 unspecified atom stereocenters. The van der Waals surface area contributed by atoms with Crippen LogP contribution in [0, 0.1) is 5.82 Å². The minimum Gasteiger partial charge on any atom is -0.488 e. The maximum atomic E-state index is 15.0. The summed E-state index contributed by atoms with van der Waals surface area (Å²) >= 11 is 0. The van der Waals surface area contributed by atoms with E-state index in [0.717, 1.165) is 92.4 Å². The second kappa shape index (κ2) is 15.9. The van der Waals surface area contributed by atoms with Gasteiger partial charge >= 0.3 is 0 Å². The summed E-state index contributed by atoms with van der Waals surface area (Å²) in [4.78, 5) is 18.1. The highest BCUT2D eigenvalue weighted by molar-refractivity contribution is 5.94. The third-order valence-corrected chi connectivity index (χ3v) is 9.73. The molecule has 4 aromatic rings. The quantitative estimate of drug-likeness (QED) is 0.197. The highest BCUT2D eigenvalue weighted by Crippen LogP contribution is 2.26. The molecule has 4 aromatic carbocycles. The number of carbonyl (C=O) groups is 1. The lowest BCUT2D eigenvalue weighted by atomic mass is 10.00. The van der Waals surface area contributed by atoms with Gasteiger partial charge in [0.1, 0.15) is 24.7 Å². The molecule has 2 N–H and O–H groups in total. The number of nitrogens with one attached hydrogen (secondary N) is 2. The van der Waals surface area contributed by atoms with Gasteiger partial charge < -0.3 is 19.9 Å². The molecule has 0 spiro atoms. The van der Waals surface area contributed by atoms with Crippen LogP contribution in [0.3, 0.4) is 0 Å². The summed E-state index contributed by atoms with van der Waals surface area (Å²) in [6.45, 7) is 13.0. The number of amides is 1. The Morgan fingerprint density at radius 1 is 0.875 bits per heavy atom. The number of hydrogen-bond donors (Lipinski definition) is 2. The van der Waals surface area contributed by atoms with Gasteiger partial charge in [-0.1, -0.05) is 54.6 Å². The maximum absolute atomic E-state index is 15.0. The molecule has 2 heterocycles. The fraction of sp³-hybridized carbons (Fsp3) is 0.375. The Labute approximate surface area is 284 Å². The number of hydrogen-bond acceptors (Lipinski definition) is 5. The lowest BCUT2D eigenvalue weighted by Crippen LogP contribution is -2.58. The Kier molecular flexibility index (Phi) is 11.2. The van der Waals surface area contributed by atoms with Gasteiger partial charge in [-0.2, -0.15) is 0 Å². The van der Waals surface area contributed by atoms with Crippen molar-refractivity contribution in [2.75, 3.05) is 66.0 Å². The van der Waals surface area contributed by atoms with Gasteiger partial charge in [0.15, 0.2) is 0 Å². The molecule has 1 amide bonds. The van der Waals surface area contributed by atoms with Crippen LogP contribution in [0.4, 0.5) is 4.39 Å². The van der Waals surface area contributed by atoms with Gasteiger partial charge in [-0.15, -0.1) is 0 Å². The molecule has 252 valence electrons. The maximum Gasteiger partial charge on any atom is 0.251 e. The molecule has 1 atom stereocenters. The minimum absolute atomic E-state index is 0.128. The molecule has 0 radical (unpaired) electrons. The smallest absolute Gasteiger partial charge is 0.251 e. The van der Waals surface area contributed by atoms with Crippen molar-refractivity contribution < 1.29 is 18.4 Å². The van der Waals surface area contributed by atoms with E-state index in [1.54, 1.807) is 6.07 Å². The van der Waals surface area contributed by atoms with Crippen molar-refractivity contribution in [3.63, 3.8) is 0 Å². The number of likely N-dealkylation sites (N-methyl/N-ethyl adjacent to an activating group) is 1. The van der Waals surface area contributed by atoms with E-state index in [1.165, 1.54) is 11.6 Å². The largest absolute Gasteiger partial charge is 0.488 e. The summed E-state index contributed by atoms with van der Waals surface area (Å²) in [7, 11) is 2.31. The Hall–Kier alpha value is -4.08. The summed E-state index contributed by atoms with van der Waals surface area (Å²) in [5.41, 5.74) is 5.21. The van der Waals surface area contributed by atoms with Crippen molar-refractivity contribution in [2.45, 2.75) is 32.6 Å². The molecule has 6 rings (SSSR count). The van der Waals surface area contributed by atoms with Crippen LogP contribution in [0.2, 0.25) is 0 Å². The lowest BCUT2D eigenvalue weighted by molar-refractivity contribution is -0.913. The molecule has 0 bridgehead atoms. The van der Waals surface area contributed by atoms with Gasteiger partial charge in [0.2, 0.25) is 0 Å². The number of nitrogens with zero attached hydrogens (tertiary/aromatic N) is 3. The van der Waals surface area contributed by atoms with Crippen LogP contribution < -0.4 is 15.4 Å². The van der Waals surface area contributed by atoms with Crippen LogP contribution >= 0.6 is 0 Å². The van der Waals surface area contributed by atoms with Gasteiger partial charge in [-0.3, -0.25) is 14.6 Å². The van der Waals surface area contributed by atoms with Gasteiger partial charge in [-0.05, 0) is 71.6 Å². The summed E-state index contributed by atoms with van der Waals surface area (Å²) in [6, 6.07) is 31.6. The molecule has 48 heavy (non-hydrogen) atoms. The monoisotopic (exact) mass is 650 g/mol. The lowest BCUT2D eigenvalue weighted by Gasteiger charge is -2.42. The van der Waals surface area contributed by atoms with Crippen LogP contribution in [-0.2, 0) is 19.6 Å². The highest BCUT2D eigenvalue weighted by atomic mass is 19.1. The Bertz CT molecular complexity index is 1660. The first kappa shape index (κ1) is 33.8. The predicted octanol–water partition coefficient (Wildman–Crippen LogP) is 5.56. The van der Waals surface area contributed by atoms with Crippen molar-refractivity contribution in [1.29, 1.82) is 0 Å². The van der Waals surface area contributed by atoms with Crippen LogP contribution in [0.1, 0.15) is 34.0 Å². The number of rotatable bonds is 12. The fourth-order valence-corrected chi connectivity index (χ4v) is 6.78.